The van der Waals surface area contributed by atoms with Gasteiger partial charge in [-0.15, -0.1) is 11.3 Å². The number of benzene rings is 1. The van der Waals surface area contributed by atoms with Gasteiger partial charge in [-0.1, -0.05) is 6.92 Å². The lowest BCUT2D eigenvalue weighted by Crippen LogP contribution is -2.28. The lowest BCUT2D eigenvalue weighted by Gasteiger charge is -2.13. The van der Waals surface area contributed by atoms with Gasteiger partial charge in [-0.25, -0.2) is 4.98 Å². The summed E-state index contributed by atoms with van der Waals surface area (Å²) in [4.78, 5) is 18.5. The molecule has 0 spiro atoms. The summed E-state index contributed by atoms with van der Waals surface area (Å²) in [6.07, 6.45) is 7.18. The Hall–Kier alpha value is -2.84. The number of aromatic nitrogens is 1. The van der Waals surface area contributed by atoms with E-state index in [9.17, 15) is 4.79 Å². The molecule has 2 aromatic rings. The van der Waals surface area contributed by atoms with Crippen LogP contribution in [0.3, 0.4) is 0 Å². The predicted molar refractivity (Wildman–Crippen MR) is 124 cm³/mol. The van der Waals surface area contributed by atoms with Gasteiger partial charge in [0.2, 0.25) is 0 Å². The maximum atomic E-state index is 12.8. The fraction of sp³-hybridized carbons (Fsp3) is 0.391. The van der Waals surface area contributed by atoms with Crippen LogP contribution in [-0.2, 0) is 11.2 Å². The SMILES string of the molecule is CCc1cnc(-c2cc(OCC3CCOC3)cc(C(=O)NC/C(N)=C/C=C(/C)N)c2)s1. The van der Waals surface area contributed by atoms with Crippen LogP contribution in [0.5, 0.6) is 5.75 Å². The molecule has 1 fully saturated rings. The molecule has 0 radical (unpaired) electrons. The Kier molecular flexibility index (Phi) is 8.08. The average Bonchev–Trinajstić information content (AvgIpc) is 3.46. The summed E-state index contributed by atoms with van der Waals surface area (Å²) in [7, 11) is 0. The normalized spacial score (nSPS) is 17.0. The van der Waals surface area contributed by atoms with Crippen LogP contribution in [0, 0.1) is 5.92 Å². The van der Waals surface area contributed by atoms with E-state index in [2.05, 4.69) is 17.2 Å². The lowest BCUT2D eigenvalue weighted by molar-refractivity contribution is 0.0956. The van der Waals surface area contributed by atoms with Crippen LogP contribution in [0.15, 0.2) is 47.9 Å². The minimum atomic E-state index is -0.229. The van der Waals surface area contributed by atoms with Crippen LogP contribution in [0.1, 0.15) is 35.5 Å². The molecule has 1 aliphatic heterocycles. The Labute approximate surface area is 187 Å². The maximum Gasteiger partial charge on any atom is 0.251 e. The monoisotopic (exact) mass is 442 g/mol. The molecule has 1 aromatic heterocycles. The molecule has 1 amide bonds. The summed E-state index contributed by atoms with van der Waals surface area (Å²) in [5, 5.41) is 3.71. The number of ether oxygens (including phenoxy) is 2. The van der Waals surface area contributed by atoms with E-state index < -0.39 is 0 Å². The van der Waals surface area contributed by atoms with Gasteiger partial charge in [0.1, 0.15) is 10.8 Å². The Morgan fingerprint density at radius 3 is 2.87 bits per heavy atom. The fourth-order valence-electron chi connectivity index (χ4n) is 3.05. The third-order valence-electron chi connectivity index (χ3n) is 4.84. The molecular formula is C23H30N4O3S. The number of allylic oxidation sites excluding steroid dienone is 3. The van der Waals surface area contributed by atoms with Crippen molar-refractivity contribution >= 4 is 17.2 Å². The summed E-state index contributed by atoms with van der Waals surface area (Å²) in [6, 6.07) is 5.53. The van der Waals surface area contributed by atoms with Crippen molar-refractivity contribution in [1.82, 2.24) is 10.3 Å². The van der Waals surface area contributed by atoms with E-state index in [1.807, 2.05) is 18.3 Å². The molecule has 5 N–H and O–H groups in total. The third-order valence-corrected chi connectivity index (χ3v) is 6.03. The number of carbonyl (C=O) groups is 1. The molecule has 0 aliphatic carbocycles. The van der Waals surface area contributed by atoms with Crippen molar-refractivity contribution in [3.8, 4) is 16.3 Å². The molecule has 2 heterocycles. The number of aryl methyl sites for hydroxylation is 1. The van der Waals surface area contributed by atoms with Crippen LogP contribution >= 0.6 is 11.3 Å². The number of nitrogens with two attached hydrogens (primary N) is 2. The van der Waals surface area contributed by atoms with Crippen LogP contribution in [-0.4, -0.2) is 37.3 Å². The van der Waals surface area contributed by atoms with Crippen molar-refractivity contribution in [2.24, 2.45) is 17.4 Å². The van der Waals surface area contributed by atoms with Crippen molar-refractivity contribution < 1.29 is 14.3 Å². The van der Waals surface area contributed by atoms with Gasteiger partial charge < -0.3 is 26.3 Å². The van der Waals surface area contributed by atoms with Gasteiger partial charge in [0.05, 0.1) is 19.8 Å². The molecule has 166 valence electrons. The highest BCUT2D eigenvalue weighted by atomic mass is 32.1. The summed E-state index contributed by atoms with van der Waals surface area (Å²) >= 11 is 1.62. The molecule has 0 bridgehead atoms. The molecule has 1 aliphatic rings. The Morgan fingerprint density at radius 1 is 1.35 bits per heavy atom. The molecule has 3 rings (SSSR count). The summed E-state index contributed by atoms with van der Waals surface area (Å²) in [5.74, 6) is 0.789. The molecule has 8 heteroatoms. The molecule has 7 nitrogen and oxygen atoms in total. The smallest absolute Gasteiger partial charge is 0.251 e. The van der Waals surface area contributed by atoms with Gasteiger partial charge >= 0.3 is 0 Å². The highest BCUT2D eigenvalue weighted by molar-refractivity contribution is 7.15. The topological polar surface area (TPSA) is 112 Å². The van der Waals surface area contributed by atoms with Gasteiger partial charge in [-0.3, -0.25) is 4.79 Å². The van der Waals surface area contributed by atoms with E-state index in [1.165, 1.54) is 4.88 Å². The first-order valence-corrected chi connectivity index (χ1v) is 11.2. The second kappa shape index (κ2) is 11.0. The van der Waals surface area contributed by atoms with Gasteiger partial charge in [0.25, 0.3) is 5.91 Å². The number of rotatable bonds is 9. The largest absolute Gasteiger partial charge is 0.493 e. The standard InChI is InChI=1S/C23H30N4O3S/c1-3-21-12-27-23(31-21)18-8-17(22(28)26-11-19(25)5-4-15(2)24)9-20(10-18)30-14-16-6-7-29-13-16/h4-5,8-10,12,16H,3,6-7,11,13-14,24-25H2,1-2H3,(H,26,28)/b15-4-,19-5-. The number of nitrogens with one attached hydrogen (secondary N) is 1. The highest BCUT2D eigenvalue weighted by Crippen LogP contribution is 2.30. The van der Waals surface area contributed by atoms with Crippen molar-refractivity contribution in [2.45, 2.75) is 26.7 Å². The Balaban J connectivity index is 1.78. The summed E-state index contributed by atoms with van der Waals surface area (Å²) in [6.45, 7) is 6.13. The van der Waals surface area contributed by atoms with Gasteiger partial charge in [0, 0.05) is 46.1 Å². The first kappa shape index (κ1) is 22.8. The maximum absolute atomic E-state index is 12.8. The number of amides is 1. The van der Waals surface area contributed by atoms with E-state index in [1.54, 1.807) is 36.5 Å². The van der Waals surface area contributed by atoms with Crippen LogP contribution in [0.4, 0.5) is 0 Å². The minimum Gasteiger partial charge on any atom is -0.493 e. The first-order valence-electron chi connectivity index (χ1n) is 10.4. The van der Waals surface area contributed by atoms with E-state index >= 15 is 0 Å². The summed E-state index contributed by atoms with van der Waals surface area (Å²) < 4.78 is 11.4. The third kappa shape index (κ3) is 6.83. The number of nitrogens with zero attached hydrogens (tertiary/aromatic N) is 1. The lowest BCUT2D eigenvalue weighted by atomic mass is 10.1. The quantitative estimate of drug-likeness (QED) is 0.514. The molecular weight excluding hydrogens is 412 g/mol. The first-order chi connectivity index (χ1) is 14.9. The molecule has 1 atom stereocenters. The van der Waals surface area contributed by atoms with E-state index in [0.29, 0.717) is 41.8 Å². The van der Waals surface area contributed by atoms with Crippen molar-refractivity contribution in [3.05, 3.63) is 58.4 Å². The molecule has 31 heavy (non-hydrogen) atoms. The average molecular weight is 443 g/mol. The Morgan fingerprint density at radius 2 is 2.19 bits per heavy atom. The Bertz CT molecular complexity index is 957. The highest BCUT2D eigenvalue weighted by Gasteiger charge is 2.18. The number of hydrogen-bond donors (Lipinski definition) is 3. The molecule has 1 saturated heterocycles. The van der Waals surface area contributed by atoms with E-state index in [0.717, 1.165) is 30.0 Å². The van der Waals surface area contributed by atoms with Crippen LogP contribution in [0.2, 0.25) is 0 Å². The second-order valence-electron chi connectivity index (χ2n) is 7.61. The van der Waals surface area contributed by atoms with Gasteiger partial charge in [-0.2, -0.15) is 0 Å². The predicted octanol–water partition coefficient (Wildman–Crippen LogP) is 3.22. The zero-order valence-corrected chi connectivity index (χ0v) is 18.8. The molecule has 1 unspecified atom stereocenters. The second-order valence-corrected chi connectivity index (χ2v) is 8.72. The van der Waals surface area contributed by atoms with Gasteiger partial charge in [-0.05, 0) is 50.1 Å². The number of hydrogen-bond acceptors (Lipinski definition) is 7. The van der Waals surface area contributed by atoms with Crippen LogP contribution in [0.25, 0.3) is 10.6 Å². The zero-order chi connectivity index (χ0) is 22.2. The summed E-state index contributed by atoms with van der Waals surface area (Å²) in [5.41, 5.74) is 14.1. The van der Waals surface area contributed by atoms with Gasteiger partial charge in [0.15, 0.2) is 0 Å². The zero-order valence-electron chi connectivity index (χ0n) is 18.0. The number of carbonyl (C=O) groups excluding carboxylic acids is 1. The molecule has 1 aromatic carbocycles. The number of thiazole rings is 1. The molecule has 0 saturated carbocycles. The van der Waals surface area contributed by atoms with Crippen molar-refractivity contribution in [1.29, 1.82) is 0 Å². The van der Waals surface area contributed by atoms with Crippen molar-refractivity contribution in [3.63, 3.8) is 0 Å². The minimum absolute atomic E-state index is 0.222. The van der Waals surface area contributed by atoms with Crippen molar-refractivity contribution in [2.75, 3.05) is 26.4 Å². The fourth-order valence-corrected chi connectivity index (χ4v) is 3.89. The van der Waals surface area contributed by atoms with Crippen LogP contribution < -0.4 is 21.5 Å². The van der Waals surface area contributed by atoms with E-state index in [4.69, 9.17) is 20.9 Å². The van der Waals surface area contributed by atoms with E-state index in [-0.39, 0.29) is 12.5 Å².